The van der Waals surface area contributed by atoms with Crippen LogP contribution in [0.15, 0.2) is 218 Å². The smallest absolute Gasteiger partial charge is 0.268 e. The van der Waals surface area contributed by atoms with Crippen LogP contribution in [0.5, 0.6) is 11.5 Å². The zero-order chi connectivity index (χ0) is 63.1. The van der Waals surface area contributed by atoms with Gasteiger partial charge in [0.05, 0.1) is 52.4 Å². The zero-order valence-corrected chi connectivity index (χ0v) is 40.6. The molecular formula is C65H47N5OPt-2. The molecular weight excluding hydrogens is 1060 g/mol. The maximum Gasteiger partial charge on any atom is 0.268 e. The molecule has 0 saturated carbocycles. The van der Waals surface area contributed by atoms with E-state index >= 15 is 0 Å². The molecule has 0 saturated heterocycles. The standard InChI is InChI=1S/C65H47N5O.Pt/c1-3-44(4-2)47-37-38-66-64(39-47)70-60-36-33-49(69-58-29-13-11-25-54(58)55-26-12-14-30-59(55)69)41-57(60)56-35-34-51(42-63(56)70)71-50-24-17-23-48(40-50)67-43-68(62-32-16-15-31-61(62)67)65-52(45-19-7-5-8-20-45)27-18-28-53(65)46-21-9-6-10-22-46;/h5-39,41,44H,3-4H2,1-2H3;/q-2;/i5D,6D,7D,8D,9D,10D,11D,12D,13D,14D,19D,20D,21D,22D,25D,26D,29D,30D;. The topological polar surface area (TPSA) is 40.8 Å². The van der Waals surface area contributed by atoms with E-state index in [4.69, 9.17) is 34.4 Å². The van der Waals surface area contributed by atoms with Crippen molar-refractivity contribution in [2.45, 2.75) is 32.6 Å². The van der Waals surface area contributed by atoms with Gasteiger partial charge in [0.15, 0.2) is 0 Å². The van der Waals surface area contributed by atoms with Gasteiger partial charge in [0, 0.05) is 60.7 Å². The second kappa shape index (κ2) is 18.8. The van der Waals surface area contributed by atoms with Crippen molar-refractivity contribution in [2.75, 3.05) is 0 Å². The van der Waals surface area contributed by atoms with Crippen molar-refractivity contribution >= 4 is 54.6 Å². The van der Waals surface area contributed by atoms with Gasteiger partial charge in [-0.15, -0.1) is 29.7 Å². The molecule has 0 aliphatic heterocycles. The van der Waals surface area contributed by atoms with Gasteiger partial charge in [-0.05, 0) is 100 Å². The number of ether oxygens (including phenoxy) is 1. The molecule has 350 valence electrons. The van der Waals surface area contributed by atoms with Crippen LogP contribution in [0.3, 0.4) is 0 Å². The number of nitrogens with zero attached hydrogens (tertiary/aromatic N) is 5. The summed E-state index contributed by atoms with van der Waals surface area (Å²) in [5.41, 5.74) is 3.88. The quantitative estimate of drug-likeness (QED) is 0.0957. The van der Waals surface area contributed by atoms with Gasteiger partial charge in [-0.1, -0.05) is 159 Å². The number of hydrogen-bond donors (Lipinski definition) is 0. The first-order valence-electron chi connectivity index (χ1n) is 32.0. The second-order valence-electron chi connectivity index (χ2n) is 16.8. The normalized spacial score (nSPS) is 15.1. The first-order valence-corrected chi connectivity index (χ1v) is 23.0. The minimum Gasteiger partial charge on any atom is -0.510 e. The molecule has 7 heteroatoms. The largest absolute Gasteiger partial charge is 0.510 e. The fourth-order valence-electron chi connectivity index (χ4n) is 9.70. The molecule has 4 heterocycles. The first kappa shape index (κ1) is 29.1. The van der Waals surface area contributed by atoms with Crippen LogP contribution in [0.1, 0.15) is 62.8 Å². The summed E-state index contributed by atoms with van der Waals surface area (Å²) in [4.78, 5) is 4.89. The van der Waals surface area contributed by atoms with E-state index in [1.807, 2.05) is 34.9 Å². The minimum absolute atomic E-state index is 0. The summed E-state index contributed by atoms with van der Waals surface area (Å²) >= 11 is 0. The fraction of sp³-hybridized carbons (Fsp3) is 0.0769. The van der Waals surface area contributed by atoms with Crippen LogP contribution in [0.25, 0.3) is 99.8 Å². The Hall–Kier alpha value is -8.31. The van der Waals surface area contributed by atoms with E-state index in [9.17, 15) is 0 Å². The number of rotatable bonds is 11. The number of imidazole rings is 1. The Balaban J connectivity index is 0.00000785. The first-order chi connectivity index (χ1) is 42.6. The maximum absolute atomic E-state index is 9.16. The Bertz CT molecular complexity index is 5010. The summed E-state index contributed by atoms with van der Waals surface area (Å²) < 4.78 is 172. The van der Waals surface area contributed by atoms with Crippen molar-refractivity contribution in [1.29, 1.82) is 0 Å². The molecule has 6 nitrogen and oxygen atoms in total. The van der Waals surface area contributed by atoms with Crippen molar-refractivity contribution in [3.8, 4) is 56.6 Å². The molecule has 0 bridgehead atoms. The number of para-hydroxylation sites is 5. The molecule has 0 N–H and O–H groups in total. The number of pyridine rings is 1. The van der Waals surface area contributed by atoms with Crippen LogP contribution in [0.4, 0.5) is 0 Å². The van der Waals surface area contributed by atoms with Crippen LogP contribution < -0.4 is 9.30 Å². The Kier molecular flexibility index (Phi) is 7.60. The molecule has 0 atom stereocenters. The Morgan fingerprint density at radius 1 is 0.569 bits per heavy atom. The van der Waals surface area contributed by atoms with Gasteiger partial charge in [0.1, 0.15) is 5.82 Å². The summed E-state index contributed by atoms with van der Waals surface area (Å²) in [5, 5.41) is 1.22. The molecule has 0 spiro atoms. The van der Waals surface area contributed by atoms with Crippen LogP contribution in [0.2, 0.25) is 0 Å². The van der Waals surface area contributed by atoms with Gasteiger partial charge in [0.2, 0.25) is 0 Å². The molecule has 13 rings (SSSR count). The molecule has 0 aliphatic rings. The van der Waals surface area contributed by atoms with E-state index in [2.05, 4.69) is 32.3 Å². The minimum atomic E-state index is -0.612. The molecule has 0 aliphatic carbocycles. The van der Waals surface area contributed by atoms with Gasteiger partial charge in [-0.25, -0.2) is 4.98 Å². The molecule has 0 unspecified atom stereocenters. The van der Waals surface area contributed by atoms with Crippen LogP contribution >= 0.6 is 0 Å². The van der Waals surface area contributed by atoms with Gasteiger partial charge < -0.3 is 18.4 Å². The number of hydrogen-bond acceptors (Lipinski definition) is 2. The maximum atomic E-state index is 9.16. The van der Waals surface area contributed by atoms with Crippen LogP contribution in [0, 0.1) is 18.5 Å². The molecule has 0 amide bonds. The van der Waals surface area contributed by atoms with Crippen molar-refractivity contribution in [2.24, 2.45) is 0 Å². The summed E-state index contributed by atoms with van der Waals surface area (Å²) in [5.74, 6) is 1.28. The van der Waals surface area contributed by atoms with Crippen molar-refractivity contribution in [1.82, 2.24) is 18.7 Å². The Morgan fingerprint density at radius 3 is 1.93 bits per heavy atom. The third kappa shape index (κ3) is 7.62. The summed E-state index contributed by atoms with van der Waals surface area (Å²) in [7, 11) is 0. The SMILES string of the molecule is [2H]c1c([2H])c([2H])c(-c2cccc(-c3c([2H])c([2H])c([2H])c([2H])c3[2H])c2-[n+]2[c-]n(-c3[c-]c(Oc4[c-]c5c(cc4)c4cc(-n6c7c([2H])c([2H])c([2H])c([2H])c7c7c([2H])c([2H])c([2H])c([2H])c76)ccc4n5-c4cc(C(CC)CC)ccn4)ccc3)c3ccccc32)c([2H])c1[2H].[Pt]. The van der Waals surface area contributed by atoms with Crippen LogP contribution in [-0.4, -0.2) is 18.7 Å². The molecule has 72 heavy (non-hydrogen) atoms. The third-order valence-electron chi connectivity index (χ3n) is 13.0. The molecule has 0 radical (unpaired) electrons. The third-order valence-corrected chi connectivity index (χ3v) is 13.0. The summed E-state index contributed by atoms with van der Waals surface area (Å²) in [6.45, 7) is 4.25. The van der Waals surface area contributed by atoms with Gasteiger partial charge >= 0.3 is 0 Å². The summed E-state index contributed by atoms with van der Waals surface area (Å²) in [6.07, 6.45) is 6.89. The fourth-order valence-corrected chi connectivity index (χ4v) is 9.70. The van der Waals surface area contributed by atoms with E-state index in [1.165, 1.54) is 10.6 Å². The second-order valence-corrected chi connectivity index (χ2v) is 16.8. The zero-order valence-electron chi connectivity index (χ0n) is 56.3. The van der Waals surface area contributed by atoms with Crippen molar-refractivity contribution in [3.63, 3.8) is 0 Å². The molecule has 9 aromatic carbocycles. The number of aromatic nitrogens is 5. The molecule has 4 aromatic heterocycles. The Labute approximate surface area is 458 Å². The van der Waals surface area contributed by atoms with Crippen molar-refractivity contribution in [3.05, 3.63) is 242 Å². The number of fused-ring (bicyclic) bond motifs is 7. The molecule has 13 aromatic rings. The van der Waals surface area contributed by atoms with Gasteiger partial charge in [-0.3, -0.25) is 4.57 Å². The van der Waals surface area contributed by atoms with Gasteiger partial charge in [0.25, 0.3) is 6.33 Å². The van der Waals surface area contributed by atoms with E-state index in [0.29, 0.717) is 50.0 Å². The van der Waals surface area contributed by atoms with E-state index in [0.717, 1.165) is 18.4 Å². The molecule has 0 fully saturated rings. The Morgan fingerprint density at radius 2 is 1.22 bits per heavy atom. The van der Waals surface area contributed by atoms with Crippen molar-refractivity contribution < 1.29 is 55.0 Å². The van der Waals surface area contributed by atoms with E-state index in [1.54, 1.807) is 82.1 Å². The predicted molar refractivity (Wildman–Crippen MR) is 288 cm³/mol. The monoisotopic (exact) mass is 1130 g/mol. The van der Waals surface area contributed by atoms with Gasteiger partial charge in [-0.2, -0.15) is 18.2 Å². The number of benzene rings is 9. The summed E-state index contributed by atoms with van der Waals surface area (Å²) in [6, 6.07) is 27.2. The predicted octanol–water partition coefficient (Wildman–Crippen LogP) is 15.9. The van der Waals surface area contributed by atoms with E-state index < -0.39 is 109 Å². The van der Waals surface area contributed by atoms with Crippen LogP contribution in [-0.2, 0) is 21.1 Å². The average Bonchev–Trinajstić information content (AvgIpc) is 1.52. The van der Waals surface area contributed by atoms with E-state index in [-0.39, 0.29) is 88.2 Å². The average molecular weight is 1130 g/mol.